The van der Waals surface area contributed by atoms with E-state index in [2.05, 4.69) is 0 Å². The molecule has 21 heavy (non-hydrogen) atoms. The number of nitrogens with zero attached hydrogens (tertiary/aromatic N) is 2. The van der Waals surface area contributed by atoms with E-state index in [1.54, 1.807) is 30.6 Å². The quantitative estimate of drug-likeness (QED) is 0.807. The number of urea groups is 1. The van der Waals surface area contributed by atoms with Crippen molar-refractivity contribution in [3.8, 4) is 0 Å². The zero-order valence-electron chi connectivity index (χ0n) is 13.1. The van der Waals surface area contributed by atoms with Gasteiger partial charge in [0, 0.05) is 19.6 Å². The first kappa shape index (κ1) is 16.1. The van der Waals surface area contributed by atoms with Crippen LogP contribution in [0.1, 0.15) is 40.0 Å². The number of carboxylic acid groups (broad SMARTS) is 1. The van der Waals surface area contributed by atoms with E-state index in [0.717, 1.165) is 12.8 Å². The van der Waals surface area contributed by atoms with Crippen LogP contribution < -0.4 is 0 Å². The highest BCUT2D eigenvalue weighted by Gasteiger charge is 2.42. The Labute approximate surface area is 125 Å². The van der Waals surface area contributed by atoms with Crippen LogP contribution >= 0.6 is 0 Å². The zero-order valence-corrected chi connectivity index (χ0v) is 13.1. The number of aliphatic hydroxyl groups is 1. The fraction of sp³-hybridized carbons (Fsp3) is 0.867. The first-order chi connectivity index (χ1) is 9.63. The maximum absolute atomic E-state index is 12.5. The molecule has 2 amide bonds. The molecule has 0 aromatic heterocycles. The number of piperidine rings is 1. The molecule has 0 aromatic carbocycles. The summed E-state index contributed by atoms with van der Waals surface area (Å²) in [6, 6.07) is -0.0707. The second-order valence-electron chi connectivity index (χ2n) is 7.26. The number of carbonyl (C=O) groups is 2. The molecular formula is C15H26N2O4. The van der Waals surface area contributed by atoms with E-state index >= 15 is 0 Å². The Morgan fingerprint density at radius 3 is 2.43 bits per heavy atom. The maximum atomic E-state index is 12.5. The number of aliphatic carboxylic acids is 1. The number of β-amino-alcohol motifs (C(OH)–C–C–N with tert-alkyl or cyclic N) is 1. The van der Waals surface area contributed by atoms with E-state index in [4.69, 9.17) is 0 Å². The largest absolute Gasteiger partial charge is 0.481 e. The highest BCUT2D eigenvalue weighted by Crippen LogP contribution is 2.35. The summed E-state index contributed by atoms with van der Waals surface area (Å²) in [6.07, 6.45) is 2.26. The molecule has 2 N–H and O–H groups in total. The van der Waals surface area contributed by atoms with E-state index in [9.17, 15) is 19.8 Å². The molecule has 0 spiro atoms. The Kier molecular flexibility index (Phi) is 4.19. The maximum Gasteiger partial charge on any atom is 0.320 e. The van der Waals surface area contributed by atoms with Crippen molar-refractivity contribution in [3.05, 3.63) is 0 Å². The molecule has 2 fully saturated rings. The Morgan fingerprint density at radius 2 is 1.90 bits per heavy atom. The van der Waals surface area contributed by atoms with Gasteiger partial charge in [-0.15, -0.1) is 0 Å². The topological polar surface area (TPSA) is 81.1 Å². The Hall–Kier alpha value is -1.30. The van der Waals surface area contributed by atoms with Crippen molar-refractivity contribution >= 4 is 12.0 Å². The van der Waals surface area contributed by atoms with Crippen molar-refractivity contribution in [2.24, 2.45) is 11.3 Å². The molecule has 0 bridgehead atoms. The van der Waals surface area contributed by atoms with Crippen LogP contribution in [-0.2, 0) is 4.79 Å². The Morgan fingerprint density at radius 1 is 1.24 bits per heavy atom. The van der Waals surface area contributed by atoms with Crippen LogP contribution in [0.15, 0.2) is 0 Å². The van der Waals surface area contributed by atoms with Gasteiger partial charge in [0.25, 0.3) is 0 Å². The average Bonchev–Trinajstić information content (AvgIpc) is 2.78. The summed E-state index contributed by atoms with van der Waals surface area (Å²) in [4.78, 5) is 27.3. The van der Waals surface area contributed by atoms with Gasteiger partial charge >= 0.3 is 12.0 Å². The number of hydrogen-bond donors (Lipinski definition) is 2. The molecule has 2 unspecified atom stereocenters. The van der Waals surface area contributed by atoms with Gasteiger partial charge < -0.3 is 20.0 Å². The molecule has 0 radical (unpaired) electrons. The first-order valence-electron chi connectivity index (χ1n) is 7.63. The minimum atomic E-state index is -0.824. The number of rotatable bonds is 2. The summed E-state index contributed by atoms with van der Waals surface area (Å²) < 4.78 is 0. The molecule has 0 aliphatic carbocycles. The van der Waals surface area contributed by atoms with Crippen molar-refractivity contribution in [3.63, 3.8) is 0 Å². The molecule has 6 heteroatoms. The van der Waals surface area contributed by atoms with Crippen molar-refractivity contribution in [1.82, 2.24) is 9.80 Å². The lowest BCUT2D eigenvalue weighted by atomic mass is 9.74. The van der Waals surface area contributed by atoms with E-state index in [1.807, 2.05) is 0 Å². The predicted molar refractivity (Wildman–Crippen MR) is 77.9 cm³/mol. The van der Waals surface area contributed by atoms with E-state index in [0.29, 0.717) is 32.6 Å². The van der Waals surface area contributed by atoms with E-state index in [1.165, 1.54) is 0 Å². The molecular weight excluding hydrogens is 272 g/mol. The van der Waals surface area contributed by atoms with Crippen LogP contribution in [0.2, 0.25) is 0 Å². The van der Waals surface area contributed by atoms with Gasteiger partial charge in [-0.05, 0) is 46.0 Å². The van der Waals surface area contributed by atoms with Crippen LogP contribution in [0.3, 0.4) is 0 Å². The zero-order chi connectivity index (χ0) is 15.8. The smallest absolute Gasteiger partial charge is 0.320 e. The summed E-state index contributed by atoms with van der Waals surface area (Å²) >= 11 is 0. The molecule has 2 rings (SSSR count). The molecule has 2 atom stereocenters. The predicted octanol–water partition coefficient (Wildman–Crippen LogP) is 1.39. The lowest BCUT2D eigenvalue weighted by Crippen LogP contribution is -2.51. The third-order valence-corrected chi connectivity index (χ3v) is 4.99. The van der Waals surface area contributed by atoms with Gasteiger partial charge in [-0.25, -0.2) is 4.79 Å². The third kappa shape index (κ3) is 3.31. The average molecular weight is 298 g/mol. The van der Waals surface area contributed by atoms with Gasteiger partial charge in [-0.2, -0.15) is 0 Å². The normalized spacial score (nSPS) is 30.6. The minimum Gasteiger partial charge on any atom is -0.481 e. The molecule has 2 saturated heterocycles. The van der Waals surface area contributed by atoms with Crippen molar-refractivity contribution in [2.45, 2.75) is 45.6 Å². The highest BCUT2D eigenvalue weighted by atomic mass is 16.4. The Balaban J connectivity index is 2.01. The second kappa shape index (κ2) is 5.48. The highest BCUT2D eigenvalue weighted by molar-refractivity contribution is 5.76. The number of carbonyl (C=O) groups excluding carboxylic acids is 1. The van der Waals surface area contributed by atoms with Crippen molar-refractivity contribution in [2.75, 3.05) is 26.2 Å². The van der Waals surface area contributed by atoms with Crippen LogP contribution in [0.5, 0.6) is 0 Å². The summed E-state index contributed by atoms with van der Waals surface area (Å²) in [5.74, 6) is -0.846. The fourth-order valence-electron chi connectivity index (χ4n) is 3.22. The lowest BCUT2D eigenvalue weighted by Gasteiger charge is -2.40. The summed E-state index contributed by atoms with van der Waals surface area (Å²) in [5, 5.41) is 19.3. The van der Waals surface area contributed by atoms with Gasteiger partial charge in [0.1, 0.15) is 0 Å². The summed E-state index contributed by atoms with van der Waals surface area (Å²) in [6.45, 7) is 7.28. The van der Waals surface area contributed by atoms with Gasteiger partial charge in [0.15, 0.2) is 0 Å². The standard InChI is InChI=1S/C15H26N2O4/c1-14(2,12(18)19)11-5-4-7-16(9-11)13(20)17-8-6-15(3,21)10-17/h11,21H,4-10H2,1-3H3,(H,18,19). The molecule has 0 saturated carbocycles. The molecule has 2 aliphatic rings. The van der Waals surface area contributed by atoms with Gasteiger partial charge in [-0.1, -0.05) is 0 Å². The second-order valence-corrected chi connectivity index (χ2v) is 7.26. The lowest BCUT2D eigenvalue weighted by molar-refractivity contribution is -0.151. The molecule has 6 nitrogen and oxygen atoms in total. The number of amides is 2. The van der Waals surface area contributed by atoms with Gasteiger partial charge in [0.2, 0.25) is 0 Å². The molecule has 2 heterocycles. The van der Waals surface area contributed by atoms with Crippen molar-refractivity contribution < 1.29 is 19.8 Å². The van der Waals surface area contributed by atoms with Gasteiger partial charge in [0.05, 0.1) is 17.6 Å². The third-order valence-electron chi connectivity index (χ3n) is 4.99. The Bertz CT molecular complexity index is 433. The van der Waals surface area contributed by atoms with Crippen LogP contribution in [0, 0.1) is 11.3 Å². The molecule has 120 valence electrons. The summed E-state index contributed by atoms with van der Waals surface area (Å²) in [5.41, 5.74) is -1.62. The fourth-order valence-corrected chi connectivity index (χ4v) is 3.22. The van der Waals surface area contributed by atoms with E-state index in [-0.39, 0.29) is 11.9 Å². The minimum absolute atomic E-state index is 0.0317. The molecule has 0 aromatic rings. The summed E-state index contributed by atoms with van der Waals surface area (Å²) in [7, 11) is 0. The molecule has 2 aliphatic heterocycles. The SMILES string of the molecule is CC1(O)CCN(C(=O)N2CCCC(C(C)(C)C(=O)O)C2)C1. The monoisotopic (exact) mass is 298 g/mol. The number of likely N-dealkylation sites (tertiary alicyclic amines) is 2. The van der Waals surface area contributed by atoms with Crippen LogP contribution in [0.4, 0.5) is 4.79 Å². The van der Waals surface area contributed by atoms with Crippen LogP contribution in [-0.4, -0.2) is 63.8 Å². The van der Waals surface area contributed by atoms with Crippen LogP contribution in [0.25, 0.3) is 0 Å². The number of hydrogen-bond acceptors (Lipinski definition) is 3. The van der Waals surface area contributed by atoms with E-state index < -0.39 is 17.0 Å². The first-order valence-corrected chi connectivity index (χ1v) is 7.63. The van der Waals surface area contributed by atoms with Gasteiger partial charge in [-0.3, -0.25) is 4.79 Å². The number of carboxylic acids is 1. The van der Waals surface area contributed by atoms with Crippen molar-refractivity contribution in [1.29, 1.82) is 0 Å².